The fraction of sp³-hybridized carbons (Fsp3) is 0.350. The Hall–Kier alpha value is -2.23. The number of benzene rings is 2. The standard InChI is InChI=1S/C20H20N2O5S2/c23-19-11-16-10-17(9-15-2-1-6-22(19)20(15)16)29(26,27)21-12-13-3-4-18-14(8-13)5-7-28(18,24)25/h3-4,8-10,21H,1-2,5-7,11-12H2. The number of sulfonamides is 1. The number of aryl methyl sites for hydroxylation is 2. The highest BCUT2D eigenvalue weighted by molar-refractivity contribution is 7.91. The number of hydrogen-bond donors (Lipinski definition) is 1. The molecule has 3 heterocycles. The van der Waals surface area contributed by atoms with Gasteiger partial charge in [-0.2, -0.15) is 0 Å². The minimum absolute atomic E-state index is 0.0246. The van der Waals surface area contributed by atoms with Crippen molar-refractivity contribution in [3.05, 3.63) is 52.6 Å². The molecule has 9 heteroatoms. The Kier molecular flexibility index (Phi) is 4.13. The van der Waals surface area contributed by atoms with Gasteiger partial charge in [-0.05, 0) is 59.7 Å². The van der Waals surface area contributed by atoms with Gasteiger partial charge in [-0.25, -0.2) is 21.6 Å². The Balaban J connectivity index is 1.41. The summed E-state index contributed by atoms with van der Waals surface area (Å²) in [5.74, 6) is 0.127. The maximum Gasteiger partial charge on any atom is 0.240 e. The van der Waals surface area contributed by atoms with Crippen LogP contribution in [0.5, 0.6) is 0 Å². The molecule has 0 atom stereocenters. The summed E-state index contributed by atoms with van der Waals surface area (Å²) in [4.78, 5) is 14.5. The SMILES string of the molecule is O=C1Cc2cc(S(=O)(=O)NCc3ccc4c(c3)CCS4(=O)=O)cc3c2N1CCC3. The number of amides is 1. The molecule has 0 saturated carbocycles. The van der Waals surface area contributed by atoms with E-state index < -0.39 is 19.9 Å². The van der Waals surface area contributed by atoms with Crippen LogP contribution in [-0.4, -0.2) is 35.0 Å². The van der Waals surface area contributed by atoms with Crippen molar-refractivity contribution in [2.75, 3.05) is 17.2 Å². The Morgan fingerprint density at radius 1 is 1.03 bits per heavy atom. The van der Waals surface area contributed by atoms with Crippen LogP contribution < -0.4 is 9.62 Å². The number of carbonyl (C=O) groups excluding carboxylic acids is 1. The zero-order valence-corrected chi connectivity index (χ0v) is 17.3. The van der Waals surface area contributed by atoms with Crippen LogP contribution in [-0.2, 0) is 50.5 Å². The van der Waals surface area contributed by atoms with E-state index in [9.17, 15) is 21.6 Å². The van der Waals surface area contributed by atoms with Gasteiger partial charge in [-0.3, -0.25) is 4.79 Å². The van der Waals surface area contributed by atoms with Gasteiger partial charge in [0, 0.05) is 13.1 Å². The molecule has 0 spiro atoms. The molecule has 0 aromatic heterocycles. The van der Waals surface area contributed by atoms with Crippen molar-refractivity contribution in [2.45, 2.75) is 42.0 Å². The van der Waals surface area contributed by atoms with E-state index in [4.69, 9.17) is 0 Å². The molecule has 7 nitrogen and oxygen atoms in total. The van der Waals surface area contributed by atoms with E-state index in [0.29, 0.717) is 23.4 Å². The van der Waals surface area contributed by atoms with Gasteiger partial charge in [-0.15, -0.1) is 0 Å². The molecule has 3 aliphatic rings. The third-order valence-electron chi connectivity index (χ3n) is 5.86. The van der Waals surface area contributed by atoms with Gasteiger partial charge < -0.3 is 4.90 Å². The molecule has 1 amide bonds. The van der Waals surface area contributed by atoms with Gasteiger partial charge in [0.25, 0.3) is 0 Å². The molecule has 0 aliphatic carbocycles. The smallest absolute Gasteiger partial charge is 0.240 e. The van der Waals surface area contributed by atoms with Crippen LogP contribution in [0.15, 0.2) is 40.1 Å². The van der Waals surface area contributed by atoms with E-state index in [1.54, 1.807) is 35.2 Å². The number of rotatable bonds is 4. The largest absolute Gasteiger partial charge is 0.312 e. The summed E-state index contributed by atoms with van der Waals surface area (Å²) in [6, 6.07) is 8.22. The lowest BCUT2D eigenvalue weighted by atomic mass is 10.0. The number of carbonyl (C=O) groups is 1. The van der Waals surface area contributed by atoms with E-state index in [1.807, 2.05) is 0 Å². The van der Waals surface area contributed by atoms with Crippen molar-refractivity contribution >= 4 is 31.5 Å². The van der Waals surface area contributed by atoms with Crippen LogP contribution in [0.4, 0.5) is 5.69 Å². The van der Waals surface area contributed by atoms with Crippen molar-refractivity contribution in [1.82, 2.24) is 4.72 Å². The van der Waals surface area contributed by atoms with Gasteiger partial charge in [0.1, 0.15) is 0 Å². The molecule has 2 aromatic rings. The van der Waals surface area contributed by atoms with Crippen LogP contribution in [0.1, 0.15) is 28.7 Å². The first kappa shape index (κ1) is 18.8. The Morgan fingerprint density at radius 2 is 1.83 bits per heavy atom. The monoisotopic (exact) mass is 432 g/mol. The van der Waals surface area contributed by atoms with Crippen molar-refractivity contribution in [2.24, 2.45) is 0 Å². The third kappa shape index (κ3) is 3.08. The lowest BCUT2D eigenvalue weighted by Gasteiger charge is -2.26. The average Bonchev–Trinajstić information content (AvgIpc) is 3.17. The Labute approximate surface area is 169 Å². The summed E-state index contributed by atoms with van der Waals surface area (Å²) in [7, 11) is -6.95. The molecular weight excluding hydrogens is 412 g/mol. The minimum Gasteiger partial charge on any atom is -0.312 e. The van der Waals surface area contributed by atoms with Crippen LogP contribution >= 0.6 is 0 Å². The molecule has 2 aromatic carbocycles. The van der Waals surface area contributed by atoms with Crippen LogP contribution in [0.2, 0.25) is 0 Å². The minimum atomic E-state index is -3.76. The van der Waals surface area contributed by atoms with E-state index in [0.717, 1.165) is 35.2 Å². The fourth-order valence-corrected chi connectivity index (χ4v) is 7.12. The molecule has 5 rings (SSSR count). The van der Waals surface area contributed by atoms with Crippen LogP contribution in [0.25, 0.3) is 0 Å². The van der Waals surface area contributed by atoms with Crippen LogP contribution in [0, 0.1) is 0 Å². The first-order valence-electron chi connectivity index (χ1n) is 9.55. The molecule has 1 N–H and O–H groups in total. The normalized spacial score (nSPS) is 19.3. The molecule has 0 unspecified atom stereocenters. The van der Waals surface area contributed by atoms with E-state index >= 15 is 0 Å². The first-order valence-corrected chi connectivity index (χ1v) is 12.7. The van der Waals surface area contributed by atoms with Gasteiger partial charge in [-0.1, -0.05) is 12.1 Å². The number of nitrogens with one attached hydrogen (secondary N) is 1. The highest BCUT2D eigenvalue weighted by Crippen LogP contribution is 2.38. The van der Waals surface area contributed by atoms with Crippen LogP contribution in [0.3, 0.4) is 0 Å². The number of nitrogens with zero attached hydrogens (tertiary/aromatic N) is 1. The summed E-state index contributed by atoms with van der Waals surface area (Å²) in [5, 5.41) is 0. The highest BCUT2D eigenvalue weighted by atomic mass is 32.2. The zero-order valence-electron chi connectivity index (χ0n) is 15.6. The molecule has 0 saturated heterocycles. The molecule has 152 valence electrons. The van der Waals surface area contributed by atoms with Gasteiger partial charge in [0.15, 0.2) is 9.84 Å². The maximum atomic E-state index is 12.9. The summed E-state index contributed by atoms with van der Waals surface area (Å²) >= 11 is 0. The number of sulfone groups is 1. The molecular formula is C20H20N2O5S2. The molecule has 0 fully saturated rings. The summed E-state index contributed by atoms with van der Waals surface area (Å²) in [5.41, 5.74) is 4.02. The summed E-state index contributed by atoms with van der Waals surface area (Å²) < 4.78 is 52.2. The first-order chi connectivity index (χ1) is 13.7. The lowest BCUT2D eigenvalue weighted by molar-refractivity contribution is -0.117. The lowest BCUT2D eigenvalue weighted by Crippen LogP contribution is -2.31. The molecule has 3 aliphatic heterocycles. The topological polar surface area (TPSA) is 101 Å². The van der Waals surface area contributed by atoms with Crippen molar-refractivity contribution < 1.29 is 21.6 Å². The zero-order chi connectivity index (χ0) is 20.4. The van der Waals surface area contributed by atoms with E-state index in [-0.39, 0.29) is 29.5 Å². The van der Waals surface area contributed by atoms with Gasteiger partial charge in [0.05, 0.1) is 27.7 Å². The second-order valence-corrected chi connectivity index (χ2v) is 11.6. The second kappa shape index (κ2) is 6.38. The van der Waals surface area contributed by atoms with E-state index in [1.165, 1.54) is 0 Å². The second-order valence-electron chi connectivity index (χ2n) is 7.75. The highest BCUT2D eigenvalue weighted by Gasteiger charge is 2.34. The third-order valence-corrected chi connectivity index (χ3v) is 9.05. The molecule has 0 radical (unpaired) electrons. The number of hydrogen-bond acceptors (Lipinski definition) is 5. The van der Waals surface area contributed by atoms with Crippen molar-refractivity contribution in [1.29, 1.82) is 0 Å². The Bertz CT molecular complexity index is 1270. The van der Waals surface area contributed by atoms with Gasteiger partial charge >= 0.3 is 0 Å². The predicted octanol–water partition coefficient (Wildman–Crippen LogP) is 1.33. The predicted molar refractivity (Wildman–Crippen MR) is 107 cm³/mol. The fourth-order valence-electron chi connectivity index (χ4n) is 4.46. The quantitative estimate of drug-likeness (QED) is 0.786. The maximum absolute atomic E-state index is 12.9. The molecule has 0 bridgehead atoms. The average molecular weight is 433 g/mol. The Morgan fingerprint density at radius 3 is 2.66 bits per heavy atom. The number of anilines is 1. The van der Waals surface area contributed by atoms with Crippen molar-refractivity contribution in [3.63, 3.8) is 0 Å². The van der Waals surface area contributed by atoms with Gasteiger partial charge in [0.2, 0.25) is 15.9 Å². The number of fused-ring (bicyclic) bond motifs is 1. The van der Waals surface area contributed by atoms with E-state index in [2.05, 4.69) is 4.72 Å². The molecule has 29 heavy (non-hydrogen) atoms. The summed E-state index contributed by atoms with van der Waals surface area (Å²) in [6.45, 7) is 0.768. The summed E-state index contributed by atoms with van der Waals surface area (Å²) in [6.07, 6.45) is 2.28. The van der Waals surface area contributed by atoms with Crippen molar-refractivity contribution in [3.8, 4) is 0 Å².